The number of aryl methyl sites for hydroxylation is 1. The molecule has 0 N–H and O–H groups in total. The number of hydrogen-bond donors (Lipinski definition) is 0. The summed E-state index contributed by atoms with van der Waals surface area (Å²) in [6, 6.07) is 0. The first-order chi connectivity index (χ1) is 4.33. The van der Waals surface area contributed by atoms with E-state index in [1.54, 1.807) is 12.3 Å². The highest BCUT2D eigenvalue weighted by atomic mass is 16.3. The van der Waals surface area contributed by atoms with Gasteiger partial charge >= 0.3 is 0 Å². The van der Waals surface area contributed by atoms with Gasteiger partial charge in [0.15, 0.2) is 5.89 Å². The normalized spacial score (nSPS) is 9.44. The van der Waals surface area contributed by atoms with Crippen LogP contribution in [0, 0.1) is 6.92 Å². The minimum Gasteiger partial charge on any atom is -0.449 e. The van der Waals surface area contributed by atoms with Gasteiger partial charge in [-0.15, -0.1) is 6.58 Å². The fraction of sp³-hybridized carbons (Fsp3) is 0.286. The van der Waals surface area contributed by atoms with Crippen molar-refractivity contribution in [2.24, 2.45) is 0 Å². The van der Waals surface area contributed by atoms with Gasteiger partial charge in [-0.2, -0.15) is 0 Å². The zero-order valence-corrected chi connectivity index (χ0v) is 5.42. The lowest BCUT2D eigenvalue weighted by Crippen LogP contribution is -1.78. The molecule has 2 nitrogen and oxygen atoms in total. The third kappa shape index (κ3) is 1.42. The van der Waals surface area contributed by atoms with E-state index in [0.717, 1.165) is 12.1 Å². The molecule has 0 saturated carbocycles. The molecule has 0 aliphatic carbocycles. The van der Waals surface area contributed by atoms with E-state index >= 15 is 0 Å². The van der Waals surface area contributed by atoms with Gasteiger partial charge in [-0.3, -0.25) is 0 Å². The van der Waals surface area contributed by atoms with Crippen molar-refractivity contribution in [1.82, 2.24) is 4.98 Å². The molecule has 0 aliphatic rings. The molecular weight excluding hydrogens is 114 g/mol. The summed E-state index contributed by atoms with van der Waals surface area (Å²) < 4.78 is 4.96. The van der Waals surface area contributed by atoms with Crippen LogP contribution in [0.1, 0.15) is 11.6 Å². The van der Waals surface area contributed by atoms with Gasteiger partial charge in [0.1, 0.15) is 6.26 Å². The maximum Gasteiger partial charge on any atom is 0.191 e. The summed E-state index contributed by atoms with van der Waals surface area (Å²) in [6.07, 6.45) is 4.24. The number of oxazole rings is 1. The molecule has 0 spiro atoms. The first-order valence-corrected chi connectivity index (χ1v) is 2.85. The zero-order chi connectivity index (χ0) is 6.69. The number of allylic oxidation sites excluding steroid dienone is 1. The monoisotopic (exact) mass is 123 g/mol. The van der Waals surface area contributed by atoms with Crippen molar-refractivity contribution in [3.05, 3.63) is 30.5 Å². The Balaban J connectivity index is 2.72. The summed E-state index contributed by atoms with van der Waals surface area (Å²) in [6.45, 7) is 5.41. The molecule has 0 saturated heterocycles. The van der Waals surface area contributed by atoms with E-state index in [4.69, 9.17) is 4.42 Å². The lowest BCUT2D eigenvalue weighted by molar-refractivity contribution is 0.521. The smallest absolute Gasteiger partial charge is 0.191 e. The Morgan fingerprint density at radius 2 is 2.67 bits per heavy atom. The minimum absolute atomic E-state index is 0.715. The fourth-order valence-corrected chi connectivity index (χ4v) is 0.650. The molecule has 0 radical (unpaired) electrons. The summed E-state index contributed by atoms with van der Waals surface area (Å²) in [4.78, 5) is 4.06. The number of aromatic nitrogens is 1. The number of hydrogen-bond acceptors (Lipinski definition) is 2. The Bertz CT molecular complexity index is 202. The Kier molecular flexibility index (Phi) is 1.68. The molecular formula is C7H9NO. The molecule has 0 fully saturated rings. The molecule has 2 heteroatoms. The summed E-state index contributed by atoms with van der Waals surface area (Å²) in [7, 11) is 0. The highest BCUT2D eigenvalue weighted by Crippen LogP contribution is 2.00. The van der Waals surface area contributed by atoms with Gasteiger partial charge in [0.05, 0.1) is 5.69 Å². The van der Waals surface area contributed by atoms with Crippen LogP contribution in [0.5, 0.6) is 0 Å². The summed E-state index contributed by atoms with van der Waals surface area (Å²) in [5, 5.41) is 0. The van der Waals surface area contributed by atoms with Crippen LogP contribution in [0.15, 0.2) is 23.3 Å². The minimum atomic E-state index is 0.715. The molecule has 0 atom stereocenters. The van der Waals surface area contributed by atoms with Crippen LogP contribution in [0.2, 0.25) is 0 Å². The molecule has 1 heterocycles. The maximum absolute atomic E-state index is 4.96. The third-order valence-corrected chi connectivity index (χ3v) is 1.02. The van der Waals surface area contributed by atoms with Crippen molar-refractivity contribution in [1.29, 1.82) is 0 Å². The van der Waals surface area contributed by atoms with Gasteiger partial charge in [-0.05, 0) is 0 Å². The van der Waals surface area contributed by atoms with Crippen LogP contribution >= 0.6 is 0 Å². The number of nitrogens with zero attached hydrogens (tertiary/aromatic N) is 1. The van der Waals surface area contributed by atoms with Crippen molar-refractivity contribution < 1.29 is 4.42 Å². The molecule has 0 bridgehead atoms. The molecule has 0 unspecified atom stereocenters. The van der Waals surface area contributed by atoms with Gasteiger partial charge in [-0.25, -0.2) is 4.98 Å². The van der Waals surface area contributed by atoms with E-state index < -0.39 is 0 Å². The van der Waals surface area contributed by atoms with Gasteiger partial charge in [-0.1, -0.05) is 6.08 Å². The second-order valence-corrected chi connectivity index (χ2v) is 1.85. The Morgan fingerprint density at radius 1 is 1.89 bits per heavy atom. The van der Waals surface area contributed by atoms with E-state index in [9.17, 15) is 0 Å². The van der Waals surface area contributed by atoms with Crippen molar-refractivity contribution in [2.45, 2.75) is 13.3 Å². The first-order valence-electron chi connectivity index (χ1n) is 2.85. The SMILES string of the molecule is C=CCc1coc(C)n1. The summed E-state index contributed by atoms with van der Waals surface area (Å²) in [5.74, 6) is 0.715. The van der Waals surface area contributed by atoms with Gasteiger partial charge < -0.3 is 4.42 Å². The number of rotatable bonds is 2. The first kappa shape index (κ1) is 6.08. The Hall–Kier alpha value is -1.05. The lowest BCUT2D eigenvalue weighted by atomic mass is 10.3. The van der Waals surface area contributed by atoms with Crippen LogP contribution < -0.4 is 0 Å². The van der Waals surface area contributed by atoms with Gasteiger partial charge in [0, 0.05) is 13.3 Å². The highest BCUT2D eigenvalue weighted by molar-refractivity contribution is 4.99. The van der Waals surface area contributed by atoms with Gasteiger partial charge in [0.25, 0.3) is 0 Å². The second kappa shape index (κ2) is 2.49. The van der Waals surface area contributed by atoms with E-state index in [1.165, 1.54) is 0 Å². The zero-order valence-electron chi connectivity index (χ0n) is 5.42. The van der Waals surface area contributed by atoms with Crippen molar-refractivity contribution in [3.8, 4) is 0 Å². The average molecular weight is 123 g/mol. The molecule has 9 heavy (non-hydrogen) atoms. The predicted molar refractivity (Wildman–Crippen MR) is 35.1 cm³/mol. The Labute approximate surface area is 54.2 Å². The third-order valence-electron chi connectivity index (χ3n) is 1.02. The molecule has 0 aliphatic heterocycles. The largest absolute Gasteiger partial charge is 0.449 e. The topological polar surface area (TPSA) is 26.0 Å². The van der Waals surface area contributed by atoms with E-state index in [1.807, 2.05) is 6.92 Å². The summed E-state index contributed by atoms with van der Waals surface area (Å²) in [5.41, 5.74) is 0.947. The molecule has 1 aromatic rings. The van der Waals surface area contributed by atoms with Crippen molar-refractivity contribution in [3.63, 3.8) is 0 Å². The molecule has 48 valence electrons. The van der Waals surface area contributed by atoms with Gasteiger partial charge in [0.2, 0.25) is 0 Å². The molecule has 1 aromatic heterocycles. The molecule has 1 rings (SSSR count). The van der Waals surface area contributed by atoms with Crippen LogP contribution in [-0.2, 0) is 6.42 Å². The van der Waals surface area contributed by atoms with E-state index in [-0.39, 0.29) is 0 Å². The van der Waals surface area contributed by atoms with Crippen LogP contribution in [0.3, 0.4) is 0 Å². The second-order valence-electron chi connectivity index (χ2n) is 1.85. The van der Waals surface area contributed by atoms with Crippen molar-refractivity contribution >= 4 is 0 Å². The standard InChI is InChI=1S/C7H9NO/c1-3-4-7-5-9-6(2)8-7/h3,5H,1,4H2,2H3. The fourth-order valence-electron chi connectivity index (χ4n) is 0.650. The van der Waals surface area contributed by atoms with E-state index in [2.05, 4.69) is 11.6 Å². The average Bonchev–Trinajstić information content (AvgIpc) is 2.17. The van der Waals surface area contributed by atoms with E-state index in [0.29, 0.717) is 5.89 Å². The molecule has 0 amide bonds. The van der Waals surface area contributed by atoms with Crippen LogP contribution in [-0.4, -0.2) is 4.98 Å². The lowest BCUT2D eigenvalue weighted by Gasteiger charge is -1.79. The molecule has 0 aromatic carbocycles. The van der Waals surface area contributed by atoms with Crippen LogP contribution in [0.25, 0.3) is 0 Å². The highest BCUT2D eigenvalue weighted by Gasteiger charge is 1.94. The summed E-state index contributed by atoms with van der Waals surface area (Å²) >= 11 is 0. The van der Waals surface area contributed by atoms with Crippen molar-refractivity contribution in [2.75, 3.05) is 0 Å². The quantitative estimate of drug-likeness (QED) is 0.559. The van der Waals surface area contributed by atoms with Crippen LogP contribution in [0.4, 0.5) is 0 Å². The predicted octanol–water partition coefficient (Wildman–Crippen LogP) is 1.71. The Morgan fingerprint density at radius 3 is 3.11 bits per heavy atom. The maximum atomic E-state index is 4.96.